The molecule has 3 heterocycles. The highest BCUT2D eigenvalue weighted by Gasteiger charge is 2.36. The smallest absolute Gasteiger partial charge is 0.234 e. The van der Waals surface area contributed by atoms with Crippen LogP contribution in [0.3, 0.4) is 0 Å². The number of aromatic nitrogens is 3. The van der Waals surface area contributed by atoms with Gasteiger partial charge in [0.2, 0.25) is 5.95 Å². The second kappa shape index (κ2) is 3.44. The van der Waals surface area contributed by atoms with Crippen LogP contribution < -0.4 is 4.90 Å². The van der Waals surface area contributed by atoms with Crippen molar-refractivity contribution in [2.24, 2.45) is 10.4 Å². The number of rotatable bonds is 0. The second-order valence-corrected chi connectivity index (χ2v) is 5.88. The zero-order valence-corrected chi connectivity index (χ0v) is 11.0. The van der Waals surface area contributed by atoms with Gasteiger partial charge in [-0.2, -0.15) is 14.8 Å². The molecule has 2 aromatic rings. The highest BCUT2D eigenvalue weighted by molar-refractivity contribution is 6.13. The summed E-state index contributed by atoms with van der Waals surface area (Å²) in [4.78, 5) is 11.4. The highest BCUT2D eigenvalue weighted by atomic mass is 15.5. The molecular formula is C14H15N5. The first-order valence-corrected chi connectivity index (χ1v) is 6.47. The van der Waals surface area contributed by atoms with Crippen molar-refractivity contribution in [3.05, 3.63) is 36.2 Å². The van der Waals surface area contributed by atoms with Crippen LogP contribution in [0, 0.1) is 5.41 Å². The van der Waals surface area contributed by atoms with Crippen molar-refractivity contribution in [1.29, 1.82) is 0 Å². The summed E-state index contributed by atoms with van der Waals surface area (Å²) in [6.45, 7) is 6.23. The van der Waals surface area contributed by atoms with Crippen LogP contribution in [0.2, 0.25) is 0 Å². The first kappa shape index (κ1) is 10.7. The van der Waals surface area contributed by atoms with E-state index in [1.165, 1.54) is 0 Å². The summed E-state index contributed by atoms with van der Waals surface area (Å²) in [6.07, 6.45) is 1.61. The van der Waals surface area contributed by atoms with Crippen molar-refractivity contribution in [1.82, 2.24) is 14.8 Å². The third-order valence-electron chi connectivity index (χ3n) is 3.64. The molecule has 5 nitrogen and oxygen atoms in total. The van der Waals surface area contributed by atoms with Crippen molar-refractivity contribution in [3.63, 3.8) is 0 Å². The monoisotopic (exact) mass is 253 g/mol. The van der Waals surface area contributed by atoms with E-state index in [0.717, 1.165) is 36.1 Å². The van der Waals surface area contributed by atoms with Crippen LogP contribution in [0.1, 0.15) is 19.4 Å². The summed E-state index contributed by atoms with van der Waals surface area (Å²) in [5, 5.41) is 4.35. The summed E-state index contributed by atoms with van der Waals surface area (Å²) in [7, 11) is 0. The standard InChI is InChI=1S/C14H15N5/c1-14(2)7-15-12-10-5-3-4-6-11(10)19-13(16-9-17-19)18(12)8-14/h3-6,9H,7-8H2,1-2H3. The first-order valence-electron chi connectivity index (χ1n) is 6.47. The zero-order valence-electron chi connectivity index (χ0n) is 11.0. The van der Waals surface area contributed by atoms with E-state index < -0.39 is 0 Å². The minimum Gasteiger partial charge on any atom is -0.294 e. The Hall–Kier alpha value is -2.17. The van der Waals surface area contributed by atoms with Crippen molar-refractivity contribution in [2.75, 3.05) is 18.0 Å². The van der Waals surface area contributed by atoms with Crippen molar-refractivity contribution >= 4 is 11.8 Å². The lowest BCUT2D eigenvalue weighted by Gasteiger charge is -2.40. The van der Waals surface area contributed by atoms with Gasteiger partial charge in [-0.25, -0.2) is 0 Å². The zero-order chi connectivity index (χ0) is 13.0. The van der Waals surface area contributed by atoms with Crippen LogP contribution in [-0.2, 0) is 0 Å². The molecule has 0 saturated heterocycles. The van der Waals surface area contributed by atoms with Gasteiger partial charge < -0.3 is 0 Å². The number of hydrogen-bond donors (Lipinski definition) is 0. The van der Waals surface area contributed by atoms with E-state index in [4.69, 9.17) is 4.99 Å². The average Bonchev–Trinajstić information content (AvgIpc) is 2.87. The first-order chi connectivity index (χ1) is 9.16. The van der Waals surface area contributed by atoms with Gasteiger partial charge in [-0.3, -0.25) is 9.89 Å². The van der Waals surface area contributed by atoms with E-state index in [0.29, 0.717) is 0 Å². The molecule has 0 spiro atoms. The minimum absolute atomic E-state index is 0.159. The van der Waals surface area contributed by atoms with E-state index >= 15 is 0 Å². The summed E-state index contributed by atoms with van der Waals surface area (Å²) < 4.78 is 1.90. The SMILES string of the molecule is CC1(C)CN=C2c3ccccc3-n3ncnc3N2C1. The topological polar surface area (TPSA) is 46.3 Å². The number of para-hydroxylation sites is 1. The Balaban J connectivity index is 2.00. The van der Waals surface area contributed by atoms with Gasteiger partial charge in [0, 0.05) is 24.1 Å². The quantitative estimate of drug-likeness (QED) is 0.720. The van der Waals surface area contributed by atoms with Crippen LogP contribution in [0.15, 0.2) is 35.6 Å². The van der Waals surface area contributed by atoms with Gasteiger partial charge in [-0.15, -0.1) is 0 Å². The molecule has 1 aromatic heterocycles. The van der Waals surface area contributed by atoms with Crippen molar-refractivity contribution < 1.29 is 0 Å². The van der Waals surface area contributed by atoms with Gasteiger partial charge in [0.05, 0.1) is 5.69 Å². The molecular weight excluding hydrogens is 238 g/mol. The number of aliphatic imine (C=N–C) groups is 1. The van der Waals surface area contributed by atoms with Crippen LogP contribution in [0.4, 0.5) is 5.95 Å². The molecule has 0 bridgehead atoms. The molecule has 96 valence electrons. The molecule has 2 aliphatic rings. The van der Waals surface area contributed by atoms with E-state index in [2.05, 4.69) is 41.0 Å². The lowest BCUT2D eigenvalue weighted by atomic mass is 9.90. The molecule has 0 aliphatic carbocycles. The van der Waals surface area contributed by atoms with E-state index in [1.807, 2.05) is 16.8 Å². The normalized spacial score (nSPS) is 19.3. The molecule has 0 amide bonds. The predicted octanol–water partition coefficient (Wildman–Crippen LogP) is 1.87. The fraction of sp³-hybridized carbons (Fsp3) is 0.357. The fourth-order valence-corrected chi connectivity index (χ4v) is 2.76. The molecule has 0 radical (unpaired) electrons. The van der Waals surface area contributed by atoms with Gasteiger partial charge in [0.25, 0.3) is 0 Å². The minimum atomic E-state index is 0.159. The molecule has 5 heteroatoms. The summed E-state index contributed by atoms with van der Waals surface area (Å²) in [5.74, 6) is 1.89. The van der Waals surface area contributed by atoms with Crippen molar-refractivity contribution in [2.45, 2.75) is 13.8 Å². The fourth-order valence-electron chi connectivity index (χ4n) is 2.76. The van der Waals surface area contributed by atoms with E-state index in [-0.39, 0.29) is 5.41 Å². The number of fused-ring (bicyclic) bond motifs is 6. The van der Waals surface area contributed by atoms with Crippen LogP contribution in [0.25, 0.3) is 5.69 Å². The van der Waals surface area contributed by atoms with Gasteiger partial charge in [0.1, 0.15) is 12.2 Å². The lowest BCUT2D eigenvalue weighted by Crippen LogP contribution is -2.48. The molecule has 0 saturated carbocycles. The number of amidine groups is 1. The number of nitrogens with zero attached hydrogens (tertiary/aromatic N) is 5. The molecule has 0 fully saturated rings. The van der Waals surface area contributed by atoms with Gasteiger partial charge in [-0.1, -0.05) is 26.0 Å². The predicted molar refractivity (Wildman–Crippen MR) is 73.9 cm³/mol. The second-order valence-electron chi connectivity index (χ2n) is 5.88. The highest BCUT2D eigenvalue weighted by Crippen LogP contribution is 2.34. The molecule has 0 N–H and O–H groups in total. The maximum Gasteiger partial charge on any atom is 0.234 e. The largest absolute Gasteiger partial charge is 0.294 e. The third kappa shape index (κ3) is 1.44. The Bertz CT molecular complexity index is 683. The average molecular weight is 253 g/mol. The van der Waals surface area contributed by atoms with Gasteiger partial charge >= 0.3 is 0 Å². The molecule has 19 heavy (non-hydrogen) atoms. The molecule has 0 unspecified atom stereocenters. The Morgan fingerprint density at radius 2 is 2.05 bits per heavy atom. The van der Waals surface area contributed by atoms with E-state index in [9.17, 15) is 0 Å². The number of benzene rings is 1. The Morgan fingerprint density at radius 3 is 2.95 bits per heavy atom. The maximum atomic E-state index is 4.79. The molecule has 0 atom stereocenters. The summed E-state index contributed by atoms with van der Waals surface area (Å²) in [6, 6.07) is 8.23. The summed E-state index contributed by atoms with van der Waals surface area (Å²) >= 11 is 0. The van der Waals surface area contributed by atoms with Crippen molar-refractivity contribution in [3.8, 4) is 5.69 Å². The maximum absolute atomic E-state index is 4.79. The molecule has 4 rings (SSSR count). The summed E-state index contributed by atoms with van der Waals surface area (Å²) in [5.41, 5.74) is 2.35. The molecule has 2 aliphatic heterocycles. The van der Waals surface area contributed by atoms with Crippen LogP contribution in [-0.4, -0.2) is 33.7 Å². The van der Waals surface area contributed by atoms with E-state index in [1.54, 1.807) is 6.33 Å². The number of hydrogen-bond acceptors (Lipinski definition) is 4. The van der Waals surface area contributed by atoms with Gasteiger partial charge in [-0.05, 0) is 12.1 Å². The Morgan fingerprint density at radius 1 is 1.21 bits per heavy atom. The van der Waals surface area contributed by atoms with Gasteiger partial charge in [0.15, 0.2) is 0 Å². The van der Waals surface area contributed by atoms with Crippen LogP contribution >= 0.6 is 0 Å². The van der Waals surface area contributed by atoms with Crippen LogP contribution in [0.5, 0.6) is 0 Å². The lowest BCUT2D eigenvalue weighted by molar-refractivity contribution is 0.378. The third-order valence-corrected chi connectivity index (χ3v) is 3.64. The molecule has 1 aromatic carbocycles. The Kier molecular flexibility index (Phi) is 1.94. The number of anilines is 1. The Labute approximate surface area is 111 Å².